The summed E-state index contributed by atoms with van der Waals surface area (Å²) in [5, 5.41) is 8.68. The number of rotatable bonds is 4. The molecule has 2 rings (SSSR count). The first-order valence-electron chi connectivity index (χ1n) is 6.42. The molecule has 0 unspecified atom stereocenters. The fourth-order valence-corrected chi connectivity index (χ4v) is 2.13. The minimum atomic E-state index is -0.606. The summed E-state index contributed by atoms with van der Waals surface area (Å²) in [6, 6.07) is 8.72. The molecule has 0 saturated carbocycles. The van der Waals surface area contributed by atoms with E-state index in [-0.39, 0.29) is 31.4 Å². The van der Waals surface area contributed by atoms with Crippen molar-refractivity contribution in [3.05, 3.63) is 29.8 Å². The Morgan fingerprint density at radius 1 is 1.30 bits per heavy atom. The molecule has 0 bridgehead atoms. The van der Waals surface area contributed by atoms with Crippen molar-refractivity contribution >= 4 is 11.8 Å². The van der Waals surface area contributed by atoms with Gasteiger partial charge in [-0.2, -0.15) is 5.26 Å². The fraction of sp³-hybridized carbons (Fsp3) is 0.400. The van der Waals surface area contributed by atoms with Crippen molar-refractivity contribution in [2.24, 2.45) is 5.41 Å². The Kier molecular flexibility index (Phi) is 3.75. The molecule has 1 aliphatic heterocycles. The number of benzene rings is 1. The van der Waals surface area contributed by atoms with Crippen LogP contribution in [-0.2, 0) is 9.59 Å². The van der Waals surface area contributed by atoms with E-state index in [0.717, 1.165) is 0 Å². The van der Waals surface area contributed by atoms with Gasteiger partial charge in [-0.25, -0.2) is 0 Å². The van der Waals surface area contributed by atoms with Gasteiger partial charge in [-0.1, -0.05) is 13.8 Å². The van der Waals surface area contributed by atoms with Crippen LogP contribution in [0.4, 0.5) is 0 Å². The van der Waals surface area contributed by atoms with Crippen LogP contribution in [0.3, 0.4) is 0 Å². The molecular weight excluding hydrogens is 256 g/mol. The molecule has 0 radical (unpaired) electrons. The summed E-state index contributed by atoms with van der Waals surface area (Å²) in [4.78, 5) is 25.0. The lowest BCUT2D eigenvalue weighted by atomic mass is 9.92. The molecule has 1 aromatic carbocycles. The first-order valence-corrected chi connectivity index (χ1v) is 6.42. The molecule has 0 aliphatic carbocycles. The van der Waals surface area contributed by atoms with Crippen molar-refractivity contribution in [3.8, 4) is 11.8 Å². The smallest absolute Gasteiger partial charge is 0.235 e. The van der Waals surface area contributed by atoms with Crippen molar-refractivity contribution in [2.75, 3.05) is 13.2 Å². The molecular formula is C15H16N2O3. The van der Waals surface area contributed by atoms with Crippen LogP contribution in [0.5, 0.6) is 5.75 Å². The molecule has 0 spiro atoms. The molecule has 2 amide bonds. The number of hydrogen-bond acceptors (Lipinski definition) is 4. The third kappa shape index (κ3) is 2.80. The van der Waals surface area contributed by atoms with Crippen molar-refractivity contribution in [3.63, 3.8) is 0 Å². The highest BCUT2D eigenvalue weighted by Crippen LogP contribution is 2.31. The van der Waals surface area contributed by atoms with E-state index in [9.17, 15) is 9.59 Å². The second kappa shape index (κ2) is 5.33. The number of amides is 2. The standard InChI is InChI=1S/C15H16N2O3/c1-15(2)9-13(18)17(14(15)19)7-8-20-12-5-3-11(10-16)4-6-12/h3-6H,7-9H2,1-2H3. The van der Waals surface area contributed by atoms with Gasteiger partial charge in [0.25, 0.3) is 0 Å². The van der Waals surface area contributed by atoms with Crippen LogP contribution in [0.1, 0.15) is 25.8 Å². The lowest BCUT2D eigenvalue weighted by Crippen LogP contribution is -2.36. The summed E-state index contributed by atoms with van der Waals surface area (Å²) in [6.07, 6.45) is 0.253. The number of imide groups is 1. The minimum absolute atomic E-state index is 0.147. The summed E-state index contributed by atoms with van der Waals surface area (Å²) in [6.45, 7) is 4.05. The molecule has 1 fully saturated rings. The maximum atomic E-state index is 12.0. The van der Waals surface area contributed by atoms with E-state index in [2.05, 4.69) is 0 Å². The van der Waals surface area contributed by atoms with Crippen molar-refractivity contribution in [2.45, 2.75) is 20.3 Å². The van der Waals surface area contributed by atoms with E-state index in [1.807, 2.05) is 6.07 Å². The van der Waals surface area contributed by atoms with Gasteiger partial charge in [-0.3, -0.25) is 14.5 Å². The first kappa shape index (κ1) is 14.1. The Bertz CT molecular complexity index is 570. The number of carbonyl (C=O) groups is 2. The quantitative estimate of drug-likeness (QED) is 0.782. The van der Waals surface area contributed by atoms with Crippen LogP contribution >= 0.6 is 0 Å². The first-order chi connectivity index (χ1) is 9.44. The van der Waals surface area contributed by atoms with Gasteiger partial charge in [0.2, 0.25) is 11.8 Å². The van der Waals surface area contributed by atoms with E-state index in [1.165, 1.54) is 4.90 Å². The predicted octanol–water partition coefficient (Wildman–Crippen LogP) is 1.72. The minimum Gasteiger partial charge on any atom is -0.492 e. The summed E-state index contributed by atoms with van der Waals surface area (Å²) in [5.41, 5.74) is -0.0464. The highest BCUT2D eigenvalue weighted by atomic mass is 16.5. The van der Waals surface area contributed by atoms with Crippen LogP contribution in [0.15, 0.2) is 24.3 Å². The largest absolute Gasteiger partial charge is 0.492 e. The second-order valence-electron chi connectivity index (χ2n) is 5.40. The van der Waals surface area contributed by atoms with Crippen LogP contribution in [0, 0.1) is 16.7 Å². The average Bonchev–Trinajstić information content (AvgIpc) is 2.61. The van der Waals surface area contributed by atoms with Crippen LogP contribution in [0.2, 0.25) is 0 Å². The normalized spacial score (nSPS) is 17.1. The average molecular weight is 272 g/mol. The Morgan fingerprint density at radius 2 is 1.95 bits per heavy atom. The van der Waals surface area contributed by atoms with Gasteiger partial charge in [0.05, 0.1) is 23.6 Å². The predicted molar refractivity (Wildman–Crippen MR) is 71.8 cm³/mol. The molecule has 5 nitrogen and oxygen atoms in total. The fourth-order valence-electron chi connectivity index (χ4n) is 2.13. The molecule has 104 valence electrons. The molecule has 1 saturated heterocycles. The zero-order chi connectivity index (χ0) is 14.8. The van der Waals surface area contributed by atoms with Gasteiger partial charge in [-0.05, 0) is 24.3 Å². The van der Waals surface area contributed by atoms with E-state index in [0.29, 0.717) is 11.3 Å². The number of nitriles is 1. The second-order valence-corrected chi connectivity index (χ2v) is 5.40. The third-order valence-corrected chi connectivity index (χ3v) is 3.29. The Labute approximate surface area is 117 Å². The molecule has 1 heterocycles. The van der Waals surface area contributed by atoms with Gasteiger partial charge in [0.15, 0.2) is 0 Å². The lowest BCUT2D eigenvalue weighted by molar-refractivity contribution is -0.141. The van der Waals surface area contributed by atoms with Gasteiger partial charge >= 0.3 is 0 Å². The molecule has 20 heavy (non-hydrogen) atoms. The summed E-state index contributed by atoms with van der Waals surface area (Å²) in [7, 11) is 0. The summed E-state index contributed by atoms with van der Waals surface area (Å²) in [5.74, 6) is 0.316. The zero-order valence-corrected chi connectivity index (χ0v) is 11.5. The van der Waals surface area contributed by atoms with Gasteiger partial charge in [0.1, 0.15) is 12.4 Å². The number of ether oxygens (including phenoxy) is 1. The maximum Gasteiger partial charge on any atom is 0.235 e. The maximum absolute atomic E-state index is 12.0. The van der Waals surface area contributed by atoms with Gasteiger partial charge < -0.3 is 4.74 Å². The highest BCUT2D eigenvalue weighted by Gasteiger charge is 2.44. The zero-order valence-electron chi connectivity index (χ0n) is 11.5. The van der Waals surface area contributed by atoms with Crippen molar-refractivity contribution in [1.82, 2.24) is 4.90 Å². The molecule has 1 aromatic rings. The van der Waals surface area contributed by atoms with E-state index in [4.69, 9.17) is 10.00 Å². The highest BCUT2D eigenvalue weighted by molar-refractivity contribution is 6.05. The van der Waals surface area contributed by atoms with Crippen LogP contribution < -0.4 is 4.74 Å². The van der Waals surface area contributed by atoms with E-state index < -0.39 is 5.41 Å². The molecule has 0 N–H and O–H groups in total. The number of hydrogen-bond donors (Lipinski definition) is 0. The summed E-state index contributed by atoms with van der Waals surface area (Å²) >= 11 is 0. The lowest BCUT2D eigenvalue weighted by Gasteiger charge is -2.17. The SMILES string of the molecule is CC1(C)CC(=O)N(CCOc2ccc(C#N)cc2)C1=O. The van der Waals surface area contributed by atoms with Gasteiger partial charge in [0, 0.05) is 6.42 Å². The third-order valence-electron chi connectivity index (χ3n) is 3.29. The number of nitrogens with zero attached hydrogens (tertiary/aromatic N) is 2. The van der Waals surface area contributed by atoms with Crippen molar-refractivity contribution < 1.29 is 14.3 Å². The Hall–Kier alpha value is -2.35. The molecule has 1 aliphatic rings. The molecule has 0 atom stereocenters. The van der Waals surface area contributed by atoms with Crippen LogP contribution in [-0.4, -0.2) is 29.9 Å². The molecule has 5 heteroatoms. The van der Waals surface area contributed by atoms with E-state index in [1.54, 1.807) is 38.1 Å². The topological polar surface area (TPSA) is 70.4 Å². The van der Waals surface area contributed by atoms with Crippen LogP contribution in [0.25, 0.3) is 0 Å². The van der Waals surface area contributed by atoms with Gasteiger partial charge in [-0.15, -0.1) is 0 Å². The monoisotopic (exact) mass is 272 g/mol. The Morgan fingerprint density at radius 3 is 2.45 bits per heavy atom. The van der Waals surface area contributed by atoms with Crippen molar-refractivity contribution in [1.29, 1.82) is 5.26 Å². The summed E-state index contributed by atoms with van der Waals surface area (Å²) < 4.78 is 5.48. The Balaban J connectivity index is 1.88. The molecule has 0 aromatic heterocycles. The number of carbonyl (C=O) groups excluding carboxylic acids is 2. The number of likely N-dealkylation sites (tertiary alicyclic amines) is 1. The van der Waals surface area contributed by atoms with E-state index >= 15 is 0 Å².